The molecule has 1 heterocycles. The fourth-order valence-corrected chi connectivity index (χ4v) is 8.28. The molecule has 0 bridgehead atoms. The topological polar surface area (TPSA) is 65.5 Å². The van der Waals surface area contributed by atoms with Gasteiger partial charge in [-0.25, -0.2) is 0 Å². The smallest absolute Gasteiger partial charge is 0.310 e. The van der Waals surface area contributed by atoms with Crippen LogP contribution in [0.3, 0.4) is 0 Å². The van der Waals surface area contributed by atoms with Gasteiger partial charge in [-0.05, 0) is 92.6 Å². The molecule has 1 aromatic rings. The van der Waals surface area contributed by atoms with Crippen molar-refractivity contribution in [3.8, 4) is 0 Å². The first-order chi connectivity index (χ1) is 16.2. The summed E-state index contributed by atoms with van der Waals surface area (Å²) in [6.07, 6.45) is 12.3. The molecule has 5 rings (SSSR count). The summed E-state index contributed by atoms with van der Waals surface area (Å²) in [6.45, 7) is 8.25. The Balaban J connectivity index is 1.31. The Bertz CT molecular complexity index is 974. The number of aromatic nitrogens is 1. The molecule has 8 atom stereocenters. The zero-order valence-corrected chi connectivity index (χ0v) is 21.1. The number of carbonyl (C=O) groups excluding carboxylic acids is 2. The van der Waals surface area contributed by atoms with Gasteiger partial charge >= 0.3 is 11.9 Å². The molecule has 0 N–H and O–H groups in total. The molecular formula is C29H39NO4. The van der Waals surface area contributed by atoms with Crippen LogP contribution in [0.1, 0.15) is 90.9 Å². The van der Waals surface area contributed by atoms with Gasteiger partial charge in [0, 0.05) is 19.5 Å². The van der Waals surface area contributed by atoms with Gasteiger partial charge in [0.05, 0.1) is 11.6 Å². The number of carbonyl (C=O) groups is 2. The van der Waals surface area contributed by atoms with Crippen LogP contribution in [0.15, 0.2) is 36.0 Å². The minimum atomic E-state index is -0.320. The molecule has 3 fully saturated rings. The maximum Gasteiger partial charge on any atom is 0.310 e. The van der Waals surface area contributed by atoms with E-state index in [4.69, 9.17) is 9.47 Å². The Morgan fingerprint density at radius 1 is 1.09 bits per heavy atom. The van der Waals surface area contributed by atoms with Crippen molar-refractivity contribution in [3.05, 3.63) is 41.7 Å². The highest BCUT2D eigenvalue weighted by Gasteiger charge is 2.60. The maximum absolute atomic E-state index is 13.4. The Labute approximate surface area is 203 Å². The standard InChI is InChI=1S/C29H39NO4/c1-18(26-7-5-6-16-30-26)33-27(32)25-11-10-23-22-9-8-20-17-21(34-19(2)31)12-14-28(20,3)24(22)13-15-29(23,25)4/h5-8,16,18,21-25H,9-15,17H2,1-4H3/t18-,21+,22+,23+,24+,25-,28+,29+/m1/s1. The van der Waals surface area contributed by atoms with E-state index >= 15 is 0 Å². The zero-order valence-electron chi connectivity index (χ0n) is 21.1. The second-order valence-corrected chi connectivity index (χ2v) is 11.7. The SMILES string of the molecule is CC(=O)O[C@H]1CC[C@@]2(C)C(=CC[C@H]3[C@@H]4CC[C@H](C(=O)O[C@H](C)c5ccccn5)[C@@]4(C)CC[C@@H]32)C1. The van der Waals surface area contributed by atoms with E-state index in [1.165, 1.54) is 18.9 Å². The number of esters is 2. The number of pyridine rings is 1. The second kappa shape index (κ2) is 8.80. The summed E-state index contributed by atoms with van der Waals surface area (Å²) in [6, 6.07) is 5.74. The van der Waals surface area contributed by atoms with Crippen LogP contribution >= 0.6 is 0 Å². The molecule has 4 aliphatic carbocycles. The molecule has 0 saturated heterocycles. The Hall–Kier alpha value is -2.17. The molecule has 5 nitrogen and oxygen atoms in total. The maximum atomic E-state index is 13.4. The van der Waals surface area contributed by atoms with Crippen LogP contribution < -0.4 is 0 Å². The third kappa shape index (κ3) is 3.89. The van der Waals surface area contributed by atoms with Gasteiger partial charge in [-0.3, -0.25) is 14.6 Å². The van der Waals surface area contributed by atoms with Crippen molar-refractivity contribution in [2.45, 2.75) is 91.3 Å². The van der Waals surface area contributed by atoms with E-state index in [9.17, 15) is 9.59 Å². The van der Waals surface area contributed by atoms with Gasteiger partial charge in [-0.2, -0.15) is 0 Å². The molecule has 4 aliphatic rings. The summed E-state index contributed by atoms with van der Waals surface area (Å²) in [5, 5.41) is 0. The van der Waals surface area contributed by atoms with E-state index in [1.54, 1.807) is 6.20 Å². The molecule has 0 radical (unpaired) electrons. The number of fused-ring (bicyclic) bond motifs is 5. The average Bonchev–Trinajstić information content (AvgIpc) is 3.17. The number of hydrogen-bond acceptors (Lipinski definition) is 5. The molecule has 5 heteroatoms. The van der Waals surface area contributed by atoms with Crippen molar-refractivity contribution < 1.29 is 19.1 Å². The fraction of sp³-hybridized carbons (Fsp3) is 0.690. The Kier molecular flexibility index (Phi) is 6.10. The first kappa shape index (κ1) is 23.6. The van der Waals surface area contributed by atoms with Crippen LogP contribution in [0.4, 0.5) is 0 Å². The highest BCUT2D eigenvalue weighted by molar-refractivity contribution is 5.74. The van der Waals surface area contributed by atoms with Crippen LogP contribution in [-0.2, 0) is 19.1 Å². The van der Waals surface area contributed by atoms with Gasteiger partial charge in [-0.1, -0.05) is 31.6 Å². The van der Waals surface area contributed by atoms with E-state index < -0.39 is 0 Å². The molecule has 34 heavy (non-hydrogen) atoms. The number of hydrogen-bond donors (Lipinski definition) is 0. The molecule has 0 unspecified atom stereocenters. The third-order valence-corrected chi connectivity index (χ3v) is 10.1. The fourth-order valence-electron chi connectivity index (χ4n) is 8.28. The number of ether oxygens (including phenoxy) is 2. The minimum Gasteiger partial charge on any atom is -0.462 e. The molecule has 0 amide bonds. The van der Waals surface area contributed by atoms with Crippen molar-refractivity contribution in [2.75, 3.05) is 0 Å². The van der Waals surface area contributed by atoms with Crippen molar-refractivity contribution in [2.24, 2.45) is 34.5 Å². The molecule has 0 spiro atoms. The quantitative estimate of drug-likeness (QED) is 0.391. The largest absolute Gasteiger partial charge is 0.462 e. The highest BCUT2D eigenvalue weighted by atomic mass is 16.5. The number of allylic oxidation sites excluding steroid dienone is 1. The first-order valence-corrected chi connectivity index (χ1v) is 13.2. The summed E-state index contributed by atoms with van der Waals surface area (Å²) in [7, 11) is 0. The molecular weight excluding hydrogens is 426 g/mol. The lowest BCUT2D eigenvalue weighted by Crippen LogP contribution is -2.51. The average molecular weight is 466 g/mol. The van der Waals surface area contributed by atoms with Crippen molar-refractivity contribution in [1.82, 2.24) is 4.98 Å². The van der Waals surface area contributed by atoms with E-state index in [0.717, 1.165) is 50.6 Å². The molecule has 0 aromatic carbocycles. The van der Waals surface area contributed by atoms with Crippen molar-refractivity contribution in [1.29, 1.82) is 0 Å². The molecule has 184 valence electrons. The van der Waals surface area contributed by atoms with Gasteiger partial charge in [0.15, 0.2) is 0 Å². The molecule has 1 aromatic heterocycles. The van der Waals surface area contributed by atoms with Crippen molar-refractivity contribution >= 4 is 11.9 Å². The van der Waals surface area contributed by atoms with Crippen LogP contribution in [0, 0.1) is 34.5 Å². The van der Waals surface area contributed by atoms with Gasteiger partial charge in [0.2, 0.25) is 0 Å². The second-order valence-electron chi connectivity index (χ2n) is 11.7. The molecule has 3 saturated carbocycles. The highest BCUT2D eigenvalue weighted by Crippen LogP contribution is 2.66. The third-order valence-electron chi connectivity index (χ3n) is 10.1. The van der Waals surface area contributed by atoms with E-state index in [-0.39, 0.29) is 40.9 Å². The summed E-state index contributed by atoms with van der Waals surface area (Å²) in [5.74, 6) is 1.62. The normalized spacial score (nSPS) is 39.6. The lowest BCUT2D eigenvalue weighted by molar-refractivity contribution is -0.161. The van der Waals surface area contributed by atoms with Crippen LogP contribution in [-0.4, -0.2) is 23.0 Å². The lowest BCUT2D eigenvalue weighted by Gasteiger charge is -2.57. The van der Waals surface area contributed by atoms with Crippen LogP contribution in [0.25, 0.3) is 0 Å². The summed E-state index contributed by atoms with van der Waals surface area (Å²) >= 11 is 0. The zero-order chi connectivity index (χ0) is 24.1. The predicted octanol–water partition coefficient (Wildman–Crippen LogP) is 6.20. The van der Waals surface area contributed by atoms with Gasteiger partial charge in [0.25, 0.3) is 0 Å². The van der Waals surface area contributed by atoms with E-state index in [1.807, 2.05) is 25.1 Å². The van der Waals surface area contributed by atoms with Crippen LogP contribution in [0.2, 0.25) is 0 Å². The van der Waals surface area contributed by atoms with Gasteiger partial charge < -0.3 is 9.47 Å². The Morgan fingerprint density at radius 2 is 1.91 bits per heavy atom. The number of nitrogens with zero attached hydrogens (tertiary/aromatic N) is 1. The summed E-state index contributed by atoms with van der Waals surface area (Å²) in [4.78, 5) is 29.2. The summed E-state index contributed by atoms with van der Waals surface area (Å²) < 4.78 is 11.5. The van der Waals surface area contributed by atoms with E-state index in [0.29, 0.717) is 17.8 Å². The van der Waals surface area contributed by atoms with E-state index in [2.05, 4.69) is 24.9 Å². The summed E-state index contributed by atoms with van der Waals surface area (Å²) in [5.41, 5.74) is 2.53. The van der Waals surface area contributed by atoms with Crippen LogP contribution in [0.5, 0.6) is 0 Å². The monoisotopic (exact) mass is 465 g/mol. The lowest BCUT2D eigenvalue weighted by atomic mass is 9.47. The Morgan fingerprint density at radius 3 is 2.65 bits per heavy atom. The predicted molar refractivity (Wildman–Crippen MR) is 129 cm³/mol. The minimum absolute atomic E-state index is 0.0126. The molecule has 0 aliphatic heterocycles. The van der Waals surface area contributed by atoms with Gasteiger partial charge in [-0.15, -0.1) is 0 Å². The van der Waals surface area contributed by atoms with Crippen molar-refractivity contribution in [3.63, 3.8) is 0 Å². The number of rotatable bonds is 4. The first-order valence-electron chi connectivity index (χ1n) is 13.2. The van der Waals surface area contributed by atoms with Gasteiger partial charge in [0.1, 0.15) is 12.2 Å².